The second kappa shape index (κ2) is 7.64. The molecule has 0 unspecified atom stereocenters. The fraction of sp³-hybridized carbons (Fsp3) is 0.467. The predicted molar refractivity (Wildman–Crippen MR) is 76.9 cm³/mol. The van der Waals surface area contributed by atoms with Crippen LogP contribution in [0, 0.1) is 5.92 Å². The van der Waals surface area contributed by atoms with E-state index in [-0.39, 0.29) is 0 Å². The molecule has 1 aromatic carbocycles. The quantitative estimate of drug-likeness (QED) is 0.768. The number of benzene rings is 1. The summed E-state index contributed by atoms with van der Waals surface area (Å²) in [4.78, 5) is 23.1. The number of carbonyl (C=O) groups excluding carboxylic acids is 1. The minimum absolute atomic E-state index is 0.393. The van der Waals surface area contributed by atoms with E-state index in [0.29, 0.717) is 18.0 Å². The summed E-state index contributed by atoms with van der Waals surface area (Å²) in [5.41, 5.74) is 0.547. The highest BCUT2D eigenvalue weighted by Gasteiger charge is 2.22. The first-order valence-electron chi connectivity index (χ1n) is 7.06. The molecule has 0 spiro atoms. The van der Waals surface area contributed by atoms with E-state index >= 15 is 0 Å². The van der Waals surface area contributed by atoms with Crippen LogP contribution in [0.3, 0.4) is 0 Å². The Kier molecular flexibility index (Phi) is 5.57. The number of carbonyl (C=O) groups is 2. The Balaban J connectivity index is 1.85. The summed E-state index contributed by atoms with van der Waals surface area (Å²) in [6.07, 6.45) is 1.84. The van der Waals surface area contributed by atoms with E-state index in [9.17, 15) is 14.7 Å². The highest BCUT2D eigenvalue weighted by molar-refractivity contribution is 5.83. The van der Waals surface area contributed by atoms with Crippen molar-refractivity contribution in [3.63, 3.8) is 0 Å². The molecule has 1 heterocycles. The van der Waals surface area contributed by atoms with Crippen LogP contribution in [0.25, 0.3) is 0 Å². The molecule has 1 saturated heterocycles. The first kappa shape index (κ1) is 15.3. The number of hydrogen-bond donors (Lipinski definition) is 3. The maximum atomic E-state index is 11.9. The molecule has 114 valence electrons. The molecule has 1 atom stereocenters. The van der Waals surface area contributed by atoms with Gasteiger partial charge in [-0.2, -0.15) is 0 Å². The lowest BCUT2D eigenvalue weighted by Gasteiger charge is -2.23. The van der Waals surface area contributed by atoms with Gasteiger partial charge in [-0.05, 0) is 24.3 Å². The average molecular weight is 292 g/mol. The third-order valence-corrected chi connectivity index (χ3v) is 3.55. The summed E-state index contributed by atoms with van der Waals surface area (Å²) in [6.45, 7) is 1.97. The molecule has 0 saturated carbocycles. The van der Waals surface area contributed by atoms with E-state index in [1.54, 1.807) is 30.3 Å². The number of aliphatic carboxylic acids is 1. The summed E-state index contributed by atoms with van der Waals surface area (Å²) >= 11 is 0. The lowest BCUT2D eigenvalue weighted by atomic mass is 10.0. The monoisotopic (exact) mass is 292 g/mol. The lowest BCUT2D eigenvalue weighted by molar-refractivity contribution is -0.139. The van der Waals surface area contributed by atoms with Crippen molar-refractivity contribution in [2.45, 2.75) is 18.9 Å². The second-order valence-corrected chi connectivity index (χ2v) is 5.09. The maximum absolute atomic E-state index is 11.9. The molecular weight excluding hydrogens is 272 g/mol. The number of ether oxygens (including phenoxy) is 1. The number of rotatable bonds is 5. The van der Waals surface area contributed by atoms with Crippen LogP contribution in [-0.2, 0) is 9.53 Å². The molecule has 3 N–H and O–H groups in total. The number of carboxylic acids is 1. The Morgan fingerprint density at radius 2 is 1.90 bits per heavy atom. The van der Waals surface area contributed by atoms with Crippen LogP contribution in [0.2, 0.25) is 0 Å². The van der Waals surface area contributed by atoms with Crippen LogP contribution in [-0.4, -0.2) is 36.9 Å². The molecular formula is C15H20N2O4. The van der Waals surface area contributed by atoms with Crippen molar-refractivity contribution in [3.8, 4) is 0 Å². The zero-order valence-corrected chi connectivity index (χ0v) is 11.7. The fourth-order valence-electron chi connectivity index (χ4n) is 2.30. The average Bonchev–Trinajstić information content (AvgIpc) is 2.52. The van der Waals surface area contributed by atoms with E-state index in [1.807, 2.05) is 0 Å². The zero-order valence-electron chi connectivity index (χ0n) is 11.7. The minimum Gasteiger partial charge on any atom is -0.479 e. The molecule has 6 heteroatoms. The SMILES string of the molecule is O=C(NCC1CCOCC1)N[C@@H](C(=O)O)c1ccccc1. The molecule has 1 aromatic rings. The zero-order chi connectivity index (χ0) is 15.1. The highest BCUT2D eigenvalue weighted by atomic mass is 16.5. The van der Waals surface area contributed by atoms with Crippen LogP contribution in [0.1, 0.15) is 24.4 Å². The Bertz CT molecular complexity index is 472. The van der Waals surface area contributed by atoms with Gasteiger partial charge in [0.1, 0.15) is 0 Å². The van der Waals surface area contributed by atoms with Gasteiger partial charge in [-0.1, -0.05) is 30.3 Å². The molecule has 0 aromatic heterocycles. The fourth-order valence-corrected chi connectivity index (χ4v) is 2.30. The topological polar surface area (TPSA) is 87.7 Å². The predicted octanol–water partition coefficient (Wildman–Crippen LogP) is 1.54. The van der Waals surface area contributed by atoms with Gasteiger partial charge in [0.25, 0.3) is 0 Å². The van der Waals surface area contributed by atoms with Crippen LogP contribution in [0.15, 0.2) is 30.3 Å². The summed E-state index contributed by atoms with van der Waals surface area (Å²) in [6, 6.07) is 7.14. The molecule has 2 rings (SSSR count). The van der Waals surface area contributed by atoms with E-state index in [2.05, 4.69) is 10.6 Å². The van der Waals surface area contributed by atoms with Crippen molar-refractivity contribution >= 4 is 12.0 Å². The Morgan fingerprint density at radius 1 is 1.24 bits per heavy atom. The number of amides is 2. The van der Waals surface area contributed by atoms with Crippen molar-refractivity contribution in [1.82, 2.24) is 10.6 Å². The van der Waals surface area contributed by atoms with Crippen molar-refractivity contribution < 1.29 is 19.4 Å². The van der Waals surface area contributed by atoms with Gasteiger partial charge in [-0.15, -0.1) is 0 Å². The molecule has 1 fully saturated rings. The molecule has 2 amide bonds. The van der Waals surface area contributed by atoms with Crippen LogP contribution in [0.4, 0.5) is 4.79 Å². The first-order chi connectivity index (χ1) is 10.2. The van der Waals surface area contributed by atoms with Gasteiger partial charge >= 0.3 is 12.0 Å². The highest BCUT2D eigenvalue weighted by Crippen LogP contribution is 2.14. The van der Waals surface area contributed by atoms with Gasteiger partial charge in [0.2, 0.25) is 0 Å². The van der Waals surface area contributed by atoms with Crippen molar-refractivity contribution in [2.75, 3.05) is 19.8 Å². The molecule has 21 heavy (non-hydrogen) atoms. The largest absolute Gasteiger partial charge is 0.479 e. The van der Waals surface area contributed by atoms with Crippen LogP contribution in [0.5, 0.6) is 0 Å². The standard InChI is InChI=1S/C15H20N2O4/c18-14(19)13(12-4-2-1-3-5-12)17-15(20)16-10-11-6-8-21-9-7-11/h1-5,11,13H,6-10H2,(H,18,19)(H2,16,17,20)/t13-/m1/s1. The van der Waals surface area contributed by atoms with Gasteiger partial charge in [0.05, 0.1) is 0 Å². The lowest BCUT2D eigenvalue weighted by Crippen LogP contribution is -2.43. The van der Waals surface area contributed by atoms with Gasteiger partial charge in [-0.25, -0.2) is 9.59 Å². The maximum Gasteiger partial charge on any atom is 0.330 e. The molecule has 0 aliphatic carbocycles. The first-order valence-corrected chi connectivity index (χ1v) is 7.06. The third kappa shape index (κ3) is 4.75. The number of urea groups is 1. The third-order valence-electron chi connectivity index (χ3n) is 3.55. The van der Waals surface area contributed by atoms with Crippen molar-refractivity contribution in [2.24, 2.45) is 5.92 Å². The molecule has 6 nitrogen and oxygen atoms in total. The minimum atomic E-state index is -1.08. The van der Waals surface area contributed by atoms with Crippen LogP contribution >= 0.6 is 0 Å². The van der Waals surface area contributed by atoms with Crippen molar-refractivity contribution in [1.29, 1.82) is 0 Å². The molecule has 1 aliphatic rings. The normalized spacial score (nSPS) is 17.0. The van der Waals surface area contributed by atoms with E-state index in [1.165, 1.54) is 0 Å². The number of nitrogens with one attached hydrogen (secondary N) is 2. The Labute approximate surface area is 123 Å². The summed E-state index contributed by atoms with van der Waals surface area (Å²) in [5.74, 6) is -0.688. The van der Waals surface area contributed by atoms with Gasteiger partial charge in [-0.3, -0.25) is 0 Å². The Hall–Kier alpha value is -2.08. The molecule has 0 bridgehead atoms. The summed E-state index contributed by atoms with van der Waals surface area (Å²) < 4.78 is 5.25. The Morgan fingerprint density at radius 3 is 2.52 bits per heavy atom. The van der Waals surface area contributed by atoms with Gasteiger partial charge < -0.3 is 20.5 Å². The second-order valence-electron chi connectivity index (χ2n) is 5.09. The van der Waals surface area contributed by atoms with E-state index < -0.39 is 18.0 Å². The summed E-state index contributed by atoms with van der Waals surface area (Å²) in [7, 11) is 0. The van der Waals surface area contributed by atoms with E-state index in [0.717, 1.165) is 26.1 Å². The van der Waals surface area contributed by atoms with Gasteiger partial charge in [0, 0.05) is 19.8 Å². The van der Waals surface area contributed by atoms with Gasteiger partial charge in [0.15, 0.2) is 6.04 Å². The summed E-state index contributed by atoms with van der Waals surface area (Å²) in [5, 5.41) is 14.5. The van der Waals surface area contributed by atoms with Crippen molar-refractivity contribution in [3.05, 3.63) is 35.9 Å². The molecule has 0 radical (unpaired) electrons. The number of carboxylic acid groups (broad SMARTS) is 1. The van der Waals surface area contributed by atoms with E-state index in [4.69, 9.17) is 4.74 Å². The van der Waals surface area contributed by atoms with Crippen LogP contribution < -0.4 is 10.6 Å². The molecule has 1 aliphatic heterocycles. The smallest absolute Gasteiger partial charge is 0.330 e. The number of hydrogen-bond acceptors (Lipinski definition) is 3.